The Morgan fingerprint density at radius 1 is 1.27 bits per heavy atom. The third-order valence-corrected chi connectivity index (χ3v) is 4.53. The molecule has 2 heterocycles. The van der Waals surface area contributed by atoms with Gasteiger partial charge in [0.2, 0.25) is 11.0 Å². The molecule has 1 aromatic heterocycles. The molecule has 1 aliphatic heterocycles. The highest BCUT2D eigenvalue weighted by molar-refractivity contribution is 8.02. The lowest BCUT2D eigenvalue weighted by Crippen LogP contribution is -2.55. The van der Waals surface area contributed by atoms with E-state index in [2.05, 4.69) is 35.2 Å². The van der Waals surface area contributed by atoms with Gasteiger partial charge in [0.15, 0.2) is 0 Å². The summed E-state index contributed by atoms with van der Waals surface area (Å²) in [6, 6.07) is 7.86. The van der Waals surface area contributed by atoms with Crippen molar-refractivity contribution in [3.63, 3.8) is 0 Å². The summed E-state index contributed by atoms with van der Waals surface area (Å²) < 4.78 is 1.94. The average Bonchev–Trinajstić information content (AvgIpc) is 2.90. The summed E-state index contributed by atoms with van der Waals surface area (Å²) >= 11 is 7.51. The molecule has 1 atom stereocenters. The van der Waals surface area contributed by atoms with Crippen molar-refractivity contribution in [1.29, 1.82) is 0 Å². The number of halogens is 1. The molecule has 2 aromatic rings. The van der Waals surface area contributed by atoms with E-state index in [1.54, 1.807) is 11.8 Å². The number of benzene rings is 1. The van der Waals surface area contributed by atoms with Crippen LogP contribution in [0.1, 0.15) is 37.7 Å². The number of thioether (sulfide) groups is 1. The second-order valence-corrected chi connectivity index (χ2v) is 7.04. The summed E-state index contributed by atoms with van der Waals surface area (Å²) in [6.45, 7) is 4.37. The van der Waals surface area contributed by atoms with Gasteiger partial charge in [0, 0.05) is 22.4 Å². The van der Waals surface area contributed by atoms with Gasteiger partial charge in [-0.25, -0.2) is 4.68 Å². The predicted molar refractivity (Wildman–Crippen MR) is 89.8 cm³/mol. The van der Waals surface area contributed by atoms with Crippen LogP contribution in [-0.4, -0.2) is 14.9 Å². The Labute approximate surface area is 138 Å². The summed E-state index contributed by atoms with van der Waals surface area (Å²) in [5.74, 6) is 1.44. The normalized spacial score (nSPS) is 15.2. The lowest BCUT2D eigenvalue weighted by molar-refractivity contribution is -0.432. The van der Waals surface area contributed by atoms with Crippen molar-refractivity contribution in [1.82, 2.24) is 14.9 Å². The van der Waals surface area contributed by atoms with Crippen LogP contribution in [0, 0.1) is 5.92 Å². The number of fused-ring (bicyclic) bond motifs is 1. The lowest BCUT2D eigenvalue weighted by atomic mass is 10.0. The first-order chi connectivity index (χ1) is 10.5. The summed E-state index contributed by atoms with van der Waals surface area (Å²) in [5.41, 5.74) is 9.70. The molecule has 3 rings (SSSR count). The van der Waals surface area contributed by atoms with Crippen LogP contribution in [0.5, 0.6) is 0 Å². The fourth-order valence-electron chi connectivity index (χ4n) is 2.42. The number of aromatic nitrogens is 3. The maximum atomic E-state index is 5.95. The molecule has 1 aliphatic rings. The summed E-state index contributed by atoms with van der Waals surface area (Å²) in [5, 5.41) is 12.1. The Balaban J connectivity index is 1.85. The number of rotatable bonds is 4. The number of nitrogens with one attached hydrogen (secondary N) is 1. The Kier molecular flexibility index (Phi) is 4.42. The van der Waals surface area contributed by atoms with Crippen LogP contribution in [-0.2, 0) is 0 Å². The fourth-order valence-corrected chi connectivity index (χ4v) is 3.29. The Morgan fingerprint density at radius 3 is 2.68 bits per heavy atom. The average molecular weight is 337 g/mol. The highest BCUT2D eigenvalue weighted by Crippen LogP contribution is 2.30. The molecule has 5 nitrogen and oxygen atoms in total. The molecule has 22 heavy (non-hydrogen) atoms. The molecule has 1 aromatic carbocycles. The van der Waals surface area contributed by atoms with E-state index < -0.39 is 0 Å². The molecule has 4 N–H and O–H groups in total. The van der Waals surface area contributed by atoms with Crippen molar-refractivity contribution < 1.29 is 5.73 Å². The first kappa shape index (κ1) is 15.4. The summed E-state index contributed by atoms with van der Waals surface area (Å²) in [6.07, 6.45) is 0.977. The minimum absolute atomic E-state index is 0.110. The van der Waals surface area contributed by atoms with E-state index >= 15 is 0 Å². The minimum atomic E-state index is 0.110. The van der Waals surface area contributed by atoms with Crippen LogP contribution in [0.4, 0.5) is 0 Å². The third-order valence-electron chi connectivity index (χ3n) is 3.45. The monoisotopic (exact) mass is 336 g/mol. The summed E-state index contributed by atoms with van der Waals surface area (Å²) in [4.78, 5) is 0. The van der Waals surface area contributed by atoms with E-state index in [1.807, 2.05) is 34.3 Å². The van der Waals surface area contributed by atoms with Crippen molar-refractivity contribution in [3.8, 4) is 0 Å². The van der Waals surface area contributed by atoms with E-state index in [1.165, 1.54) is 0 Å². The van der Waals surface area contributed by atoms with Crippen molar-refractivity contribution in [2.75, 3.05) is 5.43 Å². The van der Waals surface area contributed by atoms with Gasteiger partial charge in [0.25, 0.3) is 0 Å². The molecule has 7 heteroatoms. The zero-order valence-electron chi connectivity index (χ0n) is 12.6. The molecule has 116 valence electrons. The van der Waals surface area contributed by atoms with E-state index in [9.17, 15) is 0 Å². The van der Waals surface area contributed by atoms with Crippen LogP contribution in [0.2, 0.25) is 5.02 Å². The predicted octanol–water partition coefficient (Wildman–Crippen LogP) is 2.91. The molecule has 0 saturated heterocycles. The van der Waals surface area contributed by atoms with Gasteiger partial charge in [-0.1, -0.05) is 49.3 Å². The molecule has 0 spiro atoms. The Morgan fingerprint density at radius 2 is 2.00 bits per heavy atom. The van der Waals surface area contributed by atoms with Crippen LogP contribution < -0.4 is 11.2 Å². The number of hydrogen-bond acceptors (Lipinski definition) is 4. The van der Waals surface area contributed by atoms with Gasteiger partial charge < -0.3 is 5.73 Å². The Bertz CT molecular complexity index is 692. The molecular formula is C15H19ClN5S+. The molecular weight excluding hydrogens is 318 g/mol. The van der Waals surface area contributed by atoms with Gasteiger partial charge in [-0.2, -0.15) is 0 Å². The maximum Gasteiger partial charge on any atom is 0.214 e. The van der Waals surface area contributed by atoms with Crippen LogP contribution in [0.3, 0.4) is 0 Å². The molecule has 0 bridgehead atoms. The molecule has 0 unspecified atom stereocenters. The van der Waals surface area contributed by atoms with Gasteiger partial charge in [0.1, 0.15) is 6.04 Å². The first-order valence-corrected chi connectivity index (χ1v) is 8.48. The van der Waals surface area contributed by atoms with E-state index in [0.717, 1.165) is 33.7 Å². The highest BCUT2D eigenvalue weighted by atomic mass is 35.5. The van der Waals surface area contributed by atoms with Crippen molar-refractivity contribution in [2.24, 2.45) is 5.92 Å². The van der Waals surface area contributed by atoms with Gasteiger partial charge in [-0.15, -0.1) is 10.2 Å². The smallest absolute Gasteiger partial charge is 0.214 e. The number of quaternary nitrogens is 1. The molecule has 0 radical (unpaired) electrons. The van der Waals surface area contributed by atoms with Crippen LogP contribution in [0.15, 0.2) is 34.8 Å². The number of hydrogen-bond donors (Lipinski definition) is 2. The van der Waals surface area contributed by atoms with Crippen molar-refractivity contribution in [3.05, 3.63) is 46.1 Å². The third kappa shape index (κ3) is 3.14. The van der Waals surface area contributed by atoms with Crippen LogP contribution in [0.25, 0.3) is 5.70 Å². The largest absolute Gasteiger partial charge is 0.349 e. The summed E-state index contributed by atoms with van der Waals surface area (Å²) in [7, 11) is 0. The van der Waals surface area contributed by atoms with Crippen molar-refractivity contribution in [2.45, 2.75) is 31.5 Å². The Hall–Kier alpha value is -1.50. The van der Waals surface area contributed by atoms with Crippen LogP contribution >= 0.6 is 23.4 Å². The first-order valence-electron chi connectivity index (χ1n) is 7.23. The van der Waals surface area contributed by atoms with Gasteiger partial charge in [-0.05, 0) is 18.1 Å². The lowest BCUT2D eigenvalue weighted by Gasteiger charge is -2.20. The fraction of sp³-hybridized carbons (Fsp3) is 0.333. The quantitative estimate of drug-likeness (QED) is 0.900. The molecule has 0 aliphatic carbocycles. The second kappa shape index (κ2) is 6.32. The zero-order chi connectivity index (χ0) is 15.7. The van der Waals surface area contributed by atoms with E-state index in [0.29, 0.717) is 5.92 Å². The second-order valence-electron chi connectivity index (χ2n) is 5.77. The topological polar surface area (TPSA) is 70.4 Å². The minimum Gasteiger partial charge on any atom is -0.349 e. The van der Waals surface area contributed by atoms with E-state index in [-0.39, 0.29) is 6.04 Å². The van der Waals surface area contributed by atoms with Crippen molar-refractivity contribution >= 4 is 29.1 Å². The van der Waals surface area contributed by atoms with E-state index in [4.69, 9.17) is 11.6 Å². The molecule has 0 saturated carbocycles. The number of nitrogens with zero attached hydrogens (tertiary/aromatic N) is 3. The van der Waals surface area contributed by atoms with Gasteiger partial charge in [0.05, 0.1) is 5.70 Å². The van der Waals surface area contributed by atoms with Gasteiger partial charge in [-0.3, -0.25) is 5.43 Å². The standard InChI is InChI=1S/C15H18ClN5S/c1-9(2)7-12(17)14-18-19-15-21(14)20-13(8-22-15)10-3-5-11(16)6-4-10/h3-6,8-9,12,20H,7,17H2,1-2H3/p+1/t12-/m0/s1. The molecule has 0 fully saturated rings. The maximum absolute atomic E-state index is 5.95. The SMILES string of the molecule is CC(C)C[C@H]([NH3+])c1nnc2n1NC(c1ccc(Cl)cc1)=CS2. The van der Waals surface area contributed by atoms with Gasteiger partial charge >= 0.3 is 0 Å². The zero-order valence-corrected chi connectivity index (χ0v) is 14.2. The molecule has 0 amide bonds. The highest BCUT2D eigenvalue weighted by Gasteiger charge is 2.25.